The number of anilines is 9. The van der Waals surface area contributed by atoms with Crippen molar-refractivity contribution in [3.63, 3.8) is 0 Å². The van der Waals surface area contributed by atoms with E-state index in [0.717, 1.165) is 39.8 Å². The highest BCUT2D eigenvalue weighted by Gasteiger charge is 2.54. The smallest absolute Gasteiger partial charge is 0.252 e. The topological polar surface area (TPSA) is 9.72 Å². The van der Waals surface area contributed by atoms with Crippen LogP contribution < -0.4 is 31.1 Å². The van der Waals surface area contributed by atoms with Crippen molar-refractivity contribution in [2.45, 2.75) is 63.2 Å². The Morgan fingerprint density at radius 3 is 0.913 bits per heavy atom. The molecule has 3 nitrogen and oxygen atoms in total. The van der Waals surface area contributed by atoms with Gasteiger partial charge in [0, 0.05) is 45.5 Å². The first-order valence-electron chi connectivity index (χ1n) is 32.8. The molecule has 0 amide bonds. The SMILES string of the molecule is CC(C)(C)c1ccc2c(c1)B1c3cc(C(C)(C)C)ccc3N(c3ccc4c(c3)-c3ccccc3C43c4ccccc4-c4ccccc43)c3cc(N(c4ccccc4)c4ccccc4)cc(c31)N2c1ccc2c(c1)-c1ccccc1C21c2ccccc2-c2ccccc21. The predicted octanol–water partition coefficient (Wildman–Crippen LogP) is 20.5. The Labute approximate surface area is 540 Å². The molecule has 6 aliphatic rings. The highest BCUT2D eigenvalue weighted by atomic mass is 15.2. The van der Waals surface area contributed by atoms with Crippen molar-refractivity contribution < 1.29 is 0 Å². The fourth-order valence-electron chi connectivity index (χ4n) is 17.7. The lowest BCUT2D eigenvalue weighted by Gasteiger charge is -2.46. The number of hydrogen-bond donors (Lipinski definition) is 0. The molecule has 92 heavy (non-hydrogen) atoms. The van der Waals surface area contributed by atoms with Crippen LogP contribution in [0.15, 0.2) is 291 Å². The molecule has 2 spiro atoms. The monoisotopic (exact) mass is 1180 g/mol. The van der Waals surface area contributed by atoms with Crippen molar-refractivity contribution in [3.05, 3.63) is 347 Å². The number of hydrogen-bond acceptors (Lipinski definition) is 3. The molecule has 0 bridgehead atoms. The summed E-state index contributed by atoms with van der Waals surface area (Å²) in [6.45, 7) is 14.1. The van der Waals surface area contributed by atoms with Gasteiger partial charge in [0.2, 0.25) is 0 Å². The molecule has 4 heteroatoms. The highest BCUT2D eigenvalue weighted by Crippen LogP contribution is 2.66. The van der Waals surface area contributed by atoms with E-state index in [2.05, 4.69) is 347 Å². The molecule has 0 N–H and O–H groups in total. The van der Waals surface area contributed by atoms with Gasteiger partial charge in [-0.25, -0.2) is 0 Å². The predicted molar refractivity (Wildman–Crippen MR) is 385 cm³/mol. The van der Waals surface area contributed by atoms with Crippen molar-refractivity contribution >= 4 is 74.3 Å². The average Bonchev–Trinajstić information content (AvgIpc) is 1.49. The van der Waals surface area contributed by atoms with Crippen molar-refractivity contribution in [3.8, 4) is 44.5 Å². The molecule has 0 aromatic heterocycles. The van der Waals surface area contributed by atoms with E-state index in [1.807, 2.05) is 0 Å². The van der Waals surface area contributed by atoms with Crippen LogP contribution in [0.2, 0.25) is 0 Å². The van der Waals surface area contributed by atoms with E-state index in [1.54, 1.807) is 0 Å². The quantitative estimate of drug-likeness (QED) is 0.159. The molecular weight excluding hydrogens is 1110 g/mol. The Morgan fingerprint density at radius 1 is 0.272 bits per heavy atom. The maximum Gasteiger partial charge on any atom is 0.252 e. The molecule has 0 atom stereocenters. The summed E-state index contributed by atoms with van der Waals surface area (Å²) in [7, 11) is 0. The largest absolute Gasteiger partial charge is 0.311 e. The van der Waals surface area contributed by atoms with Gasteiger partial charge in [-0.2, -0.15) is 0 Å². The summed E-state index contributed by atoms with van der Waals surface area (Å²) in [5.41, 5.74) is 36.7. The summed E-state index contributed by atoms with van der Waals surface area (Å²) in [6, 6.07) is 112. The summed E-state index contributed by atoms with van der Waals surface area (Å²) in [4.78, 5) is 7.76. The molecule has 2 aliphatic heterocycles. The number of fused-ring (bicyclic) bond motifs is 24. The van der Waals surface area contributed by atoms with Crippen molar-refractivity contribution in [1.82, 2.24) is 0 Å². The van der Waals surface area contributed by atoms with Crippen LogP contribution >= 0.6 is 0 Å². The van der Waals surface area contributed by atoms with Crippen LogP contribution in [0, 0.1) is 0 Å². The van der Waals surface area contributed by atoms with Gasteiger partial charge in [-0.05, 0) is 200 Å². The zero-order valence-corrected chi connectivity index (χ0v) is 52.6. The number of nitrogens with zero attached hydrogens (tertiary/aromatic N) is 3. The van der Waals surface area contributed by atoms with Crippen LogP contribution in [-0.2, 0) is 21.7 Å². The van der Waals surface area contributed by atoms with E-state index >= 15 is 0 Å². The normalized spacial score (nSPS) is 14.7. The van der Waals surface area contributed by atoms with E-state index in [0.29, 0.717) is 0 Å². The van der Waals surface area contributed by atoms with Gasteiger partial charge >= 0.3 is 0 Å². The molecule has 2 heterocycles. The zero-order chi connectivity index (χ0) is 61.6. The molecule has 0 unspecified atom stereocenters. The van der Waals surface area contributed by atoms with Gasteiger partial charge in [0.1, 0.15) is 0 Å². The minimum Gasteiger partial charge on any atom is -0.311 e. The molecule has 13 aromatic rings. The summed E-state index contributed by atoms with van der Waals surface area (Å²) in [5, 5.41) is 0. The first-order chi connectivity index (χ1) is 44.9. The summed E-state index contributed by atoms with van der Waals surface area (Å²) in [5.74, 6) is 0. The molecule has 13 aromatic carbocycles. The second-order valence-corrected chi connectivity index (χ2v) is 28.3. The van der Waals surface area contributed by atoms with Crippen molar-refractivity contribution in [2.75, 3.05) is 14.7 Å². The summed E-state index contributed by atoms with van der Waals surface area (Å²) in [6.07, 6.45) is 0. The third-order valence-corrected chi connectivity index (χ3v) is 21.5. The molecule has 0 radical (unpaired) electrons. The van der Waals surface area contributed by atoms with E-state index < -0.39 is 10.8 Å². The standard InChI is InChI=1S/C88H66BN3/c1-85(2,3)55-41-47-80-78(49-55)89-79-50-56(86(4,5)6)42-48-81(79)92(60-44-46-77-69(52-60)67-34-18-24-40-75(67)88(77)72-37-21-15-31-64(72)65-32-16-22-38-73(65)88)83-54-61(90(57-25-9-7-10-26-57)58-27-11-8-12-28-58)53-82(84(83)89)91(80)59-43-45-76-68(51-59)66-33-17-23-39-74(66)87(76)70-35-19-13-29-62(70)63-30-14-20-36-71(63)87/h7-54H,1-6H3. The fourth-order valence-corrected chi connectivity index (χ4v) is 17.7. The van der Waals surface area contributed by atoms with Crippen molar-refractivity contribution in [1.29, 1.82) is 0 Å². The second-order valence-electron chi connectivity index (χ2n) is 28.3. The molecular formula is C88H66BN3. The lowest BCUT2D eigenvalue weighted by molar-refractivity contribution is 0.590. The first kappa shape index (κ1) is 53.2. The second kappa shape index (κ2) is 18.9. The number of benzene rings is 13. The van der Waals surface area contributed by atoms with Gasteiger partial charge in [-0.15, -0.1) is 0 Å². The van der Waals surface area contributed by atoms with Crippen LogP contribution in [-0.4, -0.2) is 6.71 Å². The maximum atomic E-state index is 2.65. The highest BCUT2D eigenvalue weighted by molar-refractivity contribution is 7.00. The van der Waals surface area contributed by atoms with E-state index in [9.17, 15) is 0 Å². The van der Waals surface area contributed by atoms with Crippen LogP contribution in [0.3, 0.4) is 0 Å². The Bertz CT molecular complexity index is 4880. The fraction of sp³-hybridized carbons (Fsp3) is 0.114. The Kier molecular flexibility index (Phi) is 11.0. The lowest BCUT2D eigenvalue weighted by atomic mass is 9.33. The first-order valence-corrected chi connectivity index (χ1v) is 32.8. The van der Waals surface area contributed by atoms with E-state index in [1.165, 1.54) is 128 Å². The van der Waals surface area contributed by atoms with Gasteiger partial charge in [-0.3, -0.25) is 0 Å². The van der Waals surface area contributed by atoms with Crippen LogP contribution in [0.4, 0.5) is 51.2 Å². The van der Waals surface area contributed by atoms with Crippen LogP contribution in [0.25, 0.3) is 44.5 Å². The van der Waals surface area contributed by atoms with Gasteiger partial charge in [0.05, 0.1) is 16.5 Å². The minimum atomic E-state index is -0.468. The van der Waals surface area contributed by atoms with Gasteiger partial charge in [-0.1, -0.05) is 260 Å². The molecule has 0 fully saturated rings. The zero-order valence-electron chi connectivity index (χ0n) is 52.6. The molecule has 0 saturated heterocycles. The third-order valence-electron chi connectivity index (χ3n) is 21.5. The van der Waals surface area contributed by atoms with Crippen LogP contribution in [0.5, 0.6) is 0 Å². The van der Waals surface area contributed by atoms with Gasteiger partial charge in [0.15, 0.2) is 0 Å². The number of rotatable bonds is 5. The molecule has 19 rings (SSSR count). The van der Waals surface area contributed by atoms with E-state index in [-0.39, 0.29) is 17.5 Å². The summed E-state index contributed by atoms with van der Waals surface area (Å²) >= 11 is 0. The Balaban J connectivity index is 0.916. The molecule has 0 saturated carbocycles. The van der Waals surface area contributed by atoms with E-state index in [4.69, 9.17) is 0 Å². The van der Waals surface area contributed by atoms with Crippen LogP contribution in [0.1, 0.15) is 97.2 Å². The third kappa shape index (κ3) is 7.02. The van der Waals surface area contributed by atoms with Gasteiger partial charge < -0.3 is 14.7 Å². The van der Waals surface area contributed by atoms with Gasteiger partial charge in [0.25, 0.3) is 6.71 Å². The molecule has 4 aliphatic carbocycles. The minimum absolute atomic E-state index is 0.118. The Morgan fingerprint density at radius 2 is 0.576 bits per heavy atom. The van der Waals surface area contributed by atoms with Crippen molar-refractivity contribution in [2.24, 2.45) is 0 Å². The molecule has 436 valence electrons. The Hall–Kier alpha value is -10.7. The maximum absolute atomic E-state index is 2.65. The summed E-state index contributed by atoms with van der Waals surface area (Å²) < 4.78 is 0. The average molecular weight is 1180 g/mol. The lowest BCUT2D eigenvalue weighted by Crippen LogP contribution is -2.61. The number of para-hydroxylation sites is 2.